The molecule has 0 aliphatic carbocycles. The quantitative estimate of drug-likeness (QED) is 0.914. The van der Waals surface area contributed by atoms with Gasteiger partial charge in [0.05, 0.1) is 0 Å². The Bertz CT molecular complexity index is 570. The normalized spacial score (nSPS) is 13.0. The standard InChI is InChI=1S/C18H22FNO/c1-18(2,3)14-6-10-16(11-7-14)21-17(12-20)13-4-8-15(19)9-5-13/h4-11,17H,12,20H2,1-3H3. The minimum Gasteiger partial charge on any atom is -0.484 e. The van der Waals surface area contributed by atoms with Crippen LogP contribution in [0.4, 0.5) is 4.39 Å². The van der Waals surface area contributed by atoms with E-state index < -0.39 is 0 Å². The van der Waals surface area contributed by atoms with Crippen LogP contribution in [0.3, 0.4) is 0 Å². The third kappa shape index (κ3) is 4.05. The van der Waals surface area contributed by atoms with Crippen LogP contribution in [-0.2, 0) is 5.41 Å². The highest BCUT2D eigenvalue weighted by Gasteiger charge is 2.15. The lowest BCUT2D eigenvalue weighted by Gasteiger charge is -2.21. The second-order valence-electron chi connectivity index (χ2n) is 6.17. The number of benzene rings is 2. The van der Waals surface area contributed by atoms with Crippen molar-refractivity contribution >= 4 is 0 Å². The first-order valence-electron chi connectivity index (χ1n) is 7.13. The first kappa shape index (κ1) is 15.5. The maximum atomic E-state index is 13.0. The van der Waals surface area contributed by atoms with Gasteiger partial charge in [0.2, 0.25) is 0 Å². The molecule has 2 nitrogen and oxygen atoms in total. The highest BCUT2D eigenvalue weighted by Crippen LogP contribution is 2.26. The fourth-order valence-electron chi connectivity index (χ4n) is 2.13. The zero-order valence-electron chi connectivity index (χ0n) is 12.8. The Kier molecular flexibility index (Phi) is 4.63. The number of rotatable bonds is 4. The Balaban J connectivity index is 2.13. The topological polar surface area (TPSA) is 35.2 Å². The number of halogens is 1. The van der Waals surface area contributed by atoms with Crippen LogP contribution in [0.5, 0.6) is 5.75 Å². The zero-order valence-corrected chi connectivity index (χ0v) is 12.8. The van der Waals surface area contributed by atoms with Gasteiger partial charge in [0.25, 0.3) is 0 Å². The van der Waals surface area contributed by atoms with Crippen molar-refractivity contribution in [2.75, 3.05) is 6.54 Å². The zero-order chi connectivity index (χ0) is 15.5. The predicted octanol–water partition coefficient (Wildman–Crippen LogP) is 4.20. The summed E-state index contributed by atoms with van der Waals surface area (Å²) < 4.78 is 18.9. The Labute approximate surface area is 125 Å². The summed E-state index contributed by atoms with van der Waals surface area (Å²) in [6, 6.07) is 14.3. The van der Waals surface area contributed by atoms with Crippen molar-refractivity contribution in [3.8, 4) is 5.75 Å². The third-order valence-corrected chi connectivity index (χ3v) is 3.45. The Hall–Kier alpha value is -1.87. The molecule has 21 heavy (non-hydrogen) atoms. The van der Waals surface area contributed by atoms with E-state index in [0.29, 0.717) is 6.54 Å². The van der Waals surface area contributed by atoms with Crippen molar-refractivity contribution in [3.05, 3.63) is 65.5 Å². The van der Waals surface area contributed by atoms with E-state index in [1.807, 2.05) is 12.1 Å². The van der Waals surface area contributed by atoms with Gasteiger partial charge < -0.3 is 10.5 Å². The van der Waals surface area contributed by atoms with Crippen LogP contribution in [0.1, 0.15) is 38.0 Å². The van der Waals surface area contributed by atoms with Gasteiger partial charge in [-0.15, -0.1) is 0 Å². The molecule has 1 atom stereocenters. The van der Waals surface area contributed by atoms with Crippen molar-refractivity contribution in [2.24, 2.45) is 5.73 Å². The van der Waals surface area contributed by atoms with Crippen LogP contribution in [0.15, 0.2) is 48.5 Å². The van der Waals surface area contributed by atoms with Crippen LogP contribution in [-0.4, -0.2) is 6.54 Å². The smallest absolute Gasteiger partial charge is 0.136 e. The molecule has 0 radical (unpaired) electrons. The average molecular weight is 287 g/mol. The molecule has 0 fully saturated rings. The van der Waals surface area contributed by atoms with Crippen molar-refractivity contribution in [1.82, 2.24) is 0 Å². The molecular weight excluding hydrogens is 265 g/mol. The van der Waals surface area contributed by atoms with E-state index in [2.05, 4.69) is 32.9 Å². The van der Waals surface area contributed by atoms with Gasteiger partial charge in [-0.1, -0.05) is 45.0 Å². The maximum Gasteiger partial charge on any atom is 0.136 e. The molecule has 1 unspecified atom stereocenters. The van der Waals surface area contributed by atoms with Gasteiger partial charge in [-0.3, -0.25) is 0 Å². The summed E-state index contributed by atoms with van der Waals surface area (Å²) >= 11 is 0. The Morgan fingerprint density at radius 1 is 1.00 bits per heavy atom. The number of ether oxygens (including phenoxy) is 1. The molecule has 2 aromatic rings. The van der Waals surface area contributed by atoms with Gasteiger partial charge in [-0.05, 0) is 40.8 Å². The molecule has 0 heterocycles. The summed E-state index contributed by atoms with van der Waals surface area (Å²) in [5.74, 6) is 0.506. The molecule has 0 aliphatic heterocycles. The molecule has 112 valence electrons. The SMILES string of the molecule is CC(C)(C)c1ccc(OC(CN)c2ccc(F)cc2)cc1. The highest BCUT2D eigenvalue weighted by molar-refractivity contribution is 5.32. The summed E-state index contributed by atoms with van der Waals surface area (Å²) in [5.41, 5.74) is 8.01. The van der Waals surface area contributed by atoms with Gasteiger partial charge in [0.1, 0.15) is 17.7 Å². The van der Waals surface area contributed by atoms with Crippen LogP contribution >= 0.6 is 0 Å². The van der Waals surface area contributed by atoms with Crippen molar-refractivity contribution in [1.29, 1.82) is 0 Å². The van der Waals surface area contributed by atoms with E-state index in [1.54, 1.807) is 12.1 Å². The minimum atomic E-state index is -0.272. The van der Waals surface area contributed by atoms with Crippen LogP contribution in [0, 0.1) is 5.82 Å². The van der Waals surface area contributed by atoms with Gasteiger partial charge in [-0.25, -0.2) is 4.39 Å². The summed E-state index contributed by atoms with van der Waals surface area (Å²) in [5, 5.41) is 0. The van der Waals surface area contributed by atoms with E-state index >= 15 is 0 Å². The lowest BCUT2D eigenvalue weighted by Crippen LogP contribution is -2.18. The average Bonchev–Trinajstić information content (AvgIpc) is 2.45. The molecule has 0 amide bonds. The largest absolute Gasteiger partial charge is 0.484 e. The lowest BCUT2D eigenvalue weighted by atomic mass is 9.87. The first-order chi connectivity index (χ1) is 9.90. The monoisotopic (exact) mass is 287 g/mol. The minimum absolute atomic E-state index is 0.114. The van der Waals surface area contributed by atoms with E-state index in [9.17, 15) is 4.39 Å². The van der Waals surface area contributed by atoms with Crippen molar-refractivity contribution in [3.63, 3.8) is 0 Å². The van der Waals surface area contributed by atoms with Crippen LogP contribution < -0.4 is 10.5 Å². The van der Waals surface area contributed by atoms with Gasteiger partial charge >= 0.3 is 0 Å². The van der Waals surface area contributed by atoms with Gasteiger partial charge in [-0.2, -0.15) is 0 Å². The number of hydrogen-bond acceptors (Lipinski definition) is 2. The molecule has 3 heteroatoms. The van der Waals surface area contributed by atoms with Crippen molar-refractivity contribution in [2.45, 2.75) is 32.3 Å². The summed E-state index contributed by atoms with van der Waals surface area (Å²) in [4.78, 5) is 0. The second-order valence-corrected chi connectivity index (χ2v) is 6.17. The molecule has 0 bridgehead atoms. The van der Waals surface area contributed by atoms with Gasteiger partial charge in [0, 0.05) is 6.54 Å². The molecule has 0 aromatic heterocycles. The molecule has 0 aliphatic rings. The molecule has 2 aromatic carbocycles. The molecule has 2 rings (SSSR count). The fraction of sp³-hybridized carbons (Fsp3) is 0.333. The molecule has 0 saturated carbocycles. The third-order valence-electron chi connectivity index (χ3n) is 3.45. The van der Waals surface area contributed by atoms with E-state index in [4.69, 9.17) is 10.5 Å². The predicted molar refractivity (Wildman–Crippen MR) is 84.0 cm³/mol. The maximum absolute atomic E-state index is 13.0. The summed E-state index contributed by atoms with van der Waals surface area (Å²) in [6.45, 7) is 6.85. The van der Waals surface area contributed by atoms with E-state index in [1.165, 1.54) is 17.7 Å². The Morgan fingerprint density at radius 3 is 2.05 bits per heavy atom. The van der Waals surface area contributed by atoms with E-state index in [-0.39, 0.29) is 17.3 Å². The summed E-state index contributed by atoms with van der Waals surface area (Å²) in [7, 11) is 0. The molecule has 0 saturated heterocycles. The second kappa shape index (κ2) is 6.27. The summed E-state index contributed by atoms with van der Waals surface area (Å²) in [6.07, 6.45) is -0.272. The fourth-order valence-corrected chi connectivity index (χ4v) is 2.13. The Morgan fingerprint density at radius 2 is 1.57 bits per heavy atom. The molecular formula is C18H22FNO. The first-order valence-corrected chi connectivity index (χ1v) is 7.13. The van der Waals surface area contributed by atoms with Crippen molar-refractivity contribution < 1.29 is 9.13 Å². The highest BCUT2D eigenvalue weighted by atomic mass is 19.1. The van der Waals surface area contributed by atoms with E-state index in [0.717, 1.165) is 11.3 Å². The lowest BCUT2D eigenvalue weighted by molar-refractivity contribution is 0.214. The molecule has 0 spiro atoms. The van der Waals surface area contributed by atoms with Crippen LogP contribution in [0.2, 0.25) is 0 Å². The number of hydrogen-bond donors (Lipinski definition) is 1. The molecule has 2 N–H and O–H groups in total. The van der Waals surface area contributed by atoms with Crippen LogP contribution in [0.25, 0.3) is 0 Å². The van der Waals surface area contributed by atoms with Gasteiger partial charge in [0.15, 0.2) is 0 Å². The number of nitrogens with two attached hydrogens (primary N) is 1.